The molecule has 0 bridgehead atoms. The van der Waals surface area contributed by atoms with Crippen molar-refractivity contribution in [2.45, 2.75) is 25.2 Å². The summed E-state index contributed by atoms with van der Waals surface area (Å²) < 4.78 is 11.5. The zero-order chi connectivity index (χ0) is 19.2. The number of oxazole rings is 1. The fraction of sp³-hybridized carbons (Fsp3) is 0.318. The number of carbonyl (C=O) groups is 1. The Bertz CT molecular complexity index is 896. The van der Waals surface area contributed by atoms with Gasteiger partial charge in [-0.25, -0.2) is 4.98 Å². The van der Waals surface area contributed by atoms with Gasteiger partial charge in [-0.3, -0.25) is 9.78 Å². The van der Waals surface area contributed by atoms with E-state index in [4.69, 9.17) is 9.15 Å². The van der Waals surface area contributed by atoms with Crippen LogP contribution >= 0.6 is 0 Å². The van der Waals surface area contributed by atoms with E-state index in [2.05, 4.69) is 22.1 Å². The number of likely N-dealkylation sites (tertiary alicyclic amines) is 1. The fourth-order valence-corrected chi connectivity index (χ4v) is 3.46. The lowest BCUT2D eigenvalue weighted by Gasteiger charge is -2.31. The smallest absolute Gasteiger partial charge is 0.260 e. The van der Waals surface area contributed by atoms with E-state index in [0.29, 0.717) is 12.3 Å². The number of pyridine rings is 1. The standard InChI is InChI=1S/C22H23N3O3/c26-21(16-27-19-9-4-10-23-13-19)25-11-5-8-18(15-25)22-24-14-20(28-22)12-17-6-2-1-3-7-17/h1-4,6-7,9-10,13-14,18H,5,8,11-12,15-16H2/t18-/m1/s1. The number of nitrogens with zero attached hydrogens (tertiary/aromatic N) is 3. The van der Waals surface area contributed by atoms with Gasteiger partial charge in [-0.15, -0.1) is 0 Å². The Hall–Kier alpha value is -3.15. The predicted molar refractivity (Wildman–Crippen MR) is 104 cm³/mol. The first kappa shape index (κ1) is 18.2. The molecule has 1 fully saturated rings. The molecule has 1 amide bonds. The van der Waals surface area contributed by atoms with Crippen molar-refractivity contribution in [3.05, 3.63) is 78.3 Å². The molecule has 0 saturated carbocycles. The van der Waals surface area contributed by atoms with Crippen LogP contribution in [0.5, 0.6) is 5.75 Å². The molecule has 6 nitrogen and oxygen atoms in total. The van der Waals surface area contributed by atoms with E-state index in [1.165, 1.54) is 5.56 Å². The van der Waals surface area contributed by atoms with E-state index >= 15 is 0 Å². The van der Waals surface area contributed by atoms with Crippen molar-refractivity contribution in [2.75, 3.05) is 19.7 Å². The highest BCUT2D eigenvalue weighted by atomic mass is 16.5. The van der Waals surface area contributed by atoms with Crippen LogP contribution in [-0.4, -0.2) is 40.5 Å². The maximum atomic E-state index is 12.5. The van der Waals surface area contributed by atoms with E-state index in [9.17, 15) is 4.79 Å². The second kappa shape index (κ2) is 8.69. The molecule has 0 N–H and O–H groups in total. The summed E-state index contributed by atoms with van der Waals surface area (Å²) in [6.45, 7) is 1.37. The highest BCUT2D eigenvalue weighted by Crippen LogP contribution is 2.27. The van der Waals surface area contributed by atoms with Crippen LogP contribution < -0.4 is 4.74 Å². The molecule has 6 heteroatoms. The number of aromatic nitrogens is 2. The molecule has 1 saturated heterocycles. The van der Waals surface area contributed by atoms with Crippen molar-refractivity contribution in [1.29, 1.82) is 0 Å². The van der Waals surface area contributed by atoms with Crippen LogP contribution in [0.1, 0.15) is 36.0 Å². The molecule has 1 aliphatic rings. The van der Waals surface area contributed by atoms with Crippen molar-refractivity contribution >= 4 is 5.91 Å². The largest absolute Gasteiger partial charge is 0.482 e. The van der Waals surface area contributed by atoms with Crippen LogP contribution in [0.2, 0.25) is 0 Å². The summed E-state index contributed by atoms with van der Waals surface area (Å²) in [5, 5.41) is 0. The summed E-state index contributed by atoms with van der Waals surface area (Å²) in [6, 6.07) is 13.8. The molecular formula is C22H23N3O3. The normalized spacial score (nSPS) is 16.7. The van der Waals surface area contributed by atoms with Crippen LogP contribution in [0, 0.1) is 0 Å². The lowest BCUT2D eigenvalue weighted by molar-refractivity contribution is -0.134. The number of ether oxygens (including phenoxy) is 1. The molecule has 1 atom stereocenters. The van der Waals surface area contributed by atoms with Gasteiger partial charge in [0, 0.05) is 25.7 Å². The van der Waals surface area contributed by atoms with Gasteiger partial charge >= 0.3 is 0 Å². The van der Waals surface area contributed by atoms with Crippen LogP contribution in [0.15, 0.2) is 65.5 Å². The Morgan fingerprint density at radius 2 is 2.07 bits per heavy atom. The number of amides is 1. The monoisotopic (exact) mass is 377 g/mol. The molecule has 1 aliphatic heterocycles. The second-order valence-electron chi connectivity index (χ2n) is 6.98. The average molecular weight is 377 g/mol. The summed E-state index contributed by atoms with van der Waals surface area (Å²) >= 11 is 0. The van der Waals surface area contributed by atoms with Gasteiger partial charge in [-0.1, -0.05) is 30.3 Å². The molecule has 0 aliphatic carbocycles. The van der Waals surface area contributed by atoms with Crippen LogP contribution in [0.4, 0.5) is 0 Å². The molecule has 0 radical (unpaired) electrons. The maximum absolute atomic E-state index is 12.5. The van der Waals surface area contributed by atoms with Gasteiger partial charge < -0.3 is 14.1 Å². The Kier molecular flexibility index (Phi) is 5.66. The van der Waals surface area contributed by atoms with Gasteiger partial charge in [0.15, 0.2) is 12.5 Å². The third kappa shape index (κ3) is 4.57. The quantitative estimate of drug-likeness (QED) is 0.658. The zero-order valence-electron chi connectivity index (χ0n) is 15.7. The molecule has 3 heterocycles. The Labute approximate surface area is 164 Å². The first-order chi connectivity index (χ1) is 13.8. The van der Waals surface area contributed by atoms with Crippen LogP contribution in [0.3, 0.4) is 0 Å². The van der Waals surface area contributed by atoms with Crippen molar-refractivity contribution in [2.24, 2.45) is 0 Å². The van der Waals surface area contributed by atoms with Crippen molar-refractivity contribution in [3.8, 4) is 5.75 Å². The third-order valence-electron chi connectivity index (χ3n) is 4.91. The molecule has 28 heavy (non-hydrogen) atoms. The second-order valence-corrected chi connectivity index (χ2v) is 6.98. The first-order valence-electron chi connectivity index (χ1n) is 9.57. The highest BCUT2D eigenvalue weighted by molar-refractivity contribution is 5.78. The number of rotatable bonds is 6. The summed E-state index contributed by atoms with van der Waals surface area (Å²) in [6.07, 6.45) is 7.70. The number of benzene rings is 1. The molecule has 1 aromatic carbocycles. The maximum Gasteiger partial charge on any atom is 0.260 e. The highest BCUT2D eigenvalue weighted by Gasteiger charge is 2.28. The van der Waals surface area contributed by atoms with Gasteiger partial charge in [0.25, 0.3) is 5.91 Å². The fourth-order valence-electron chi connectivity index (χ4n) is 3.46. The minimum atomic E-state index is -0.0235. The summed E-state index contributed by atoms with van der Waals surface area (Å²) in [7, 11) is 0. The van der Waals surface area contributed by atoms with E-state index in [0.717, 1.165) is 37.5 Å². The molecule has 4 rings (SSSR count). The molecule has 0 spiro atoms. The van der Waals surface area contributed by atoms with Gasteiger partial charge in [-0.05, 0) is 30.5 Å². The third-order valence-corrected chi connectivity index (χ3v) is 4.91. The molecule has 3 aromatic rings. The number of hydrogen-bond donors (Lipinski definition) is 0. The van der Waals surface area contributed by atoms with Crippen molar-refractivity contribution in [1.82, 2.24) is 14.9 Å². The van der Waals surface area contributed by atoms with Gasteiger partial charge in [0.2, 0.25) is 0 Å². The van der Waals surface area contributed by atoms with Crippen LogP contribution in [0.25, 0.3) is 0 Å². The minimum Gasteiger partial charge on any atom is -0.482 e. The first-order valence-corrected chi connectivity index (χ1v) is 9.57. The van der Waals surface area contributed by atoms with Crippen LogP contribution in [-0.2, 0) is 11.2 Å². The SMILES string of the molecule is O=C(COc1cccnc1)N1CCC[C@@H](c2ncc(Cc3ccccc3)o2)C1. The lowest BCUT2D eigenvalue weighted by atomic mass is 9.98. The van der Waals surface area contributed by atoms with Gasteiger partial charge in [0.1, 0.15) is 11.5 Å². The number of hydrogen-bond acceptors (Lipinski definition) is 5. The summed E-state index contributed by atoms with van der Waals surface area (Å²) in [4.78, 5) is 22.8. The minimum absolute atomic E-state index is 0.0171. The topological polar surface area (TPSA) is 68.5 Å². The van der Waals surface area contributed by atoms with E-state index in [1.54, 1.807) is 30.7 Å². The van der Waals surface area contributed by atoms with Crippen molar-refractivity contribution in [3.63, 3.8) is 0 Å². The Balaban J connectivity index is 1.34. The van der Waals surface area contributed by atoms with E-state index < -0.39 is 0 Å². The Morgan fingerprint density at radius 3 is 2.89 bits per heavy atom. The average Bonchev–Trinajstić information content (AvgIpc) is 3.22. The summed E-state index contributed by atoms with van der Waals surface area (Å²) in [5.41, 5.74) is 1.19. The summed E-state index contributed by atoms with van der Waals surface area (Å²) in [5.74, 6) is 2.27. The lowest BCUT2D eigenvalue weighted by Crippen LogP contribution is -2.41. The van der Waals surface area contributed by atoms with E-state index in [-0.39, 0.29) is 18.4 Å². The number of piperidine rings is 1. The molecule has 0 unspecified atom stereocenters. The Morgan fingerprint density at radius 1 is 1.18 bits per heavy atom. The van der Waals surface area contributed by atoms with E-state index in [1.807, 2.05) is 23.1 Å². The van der Waals surface area contributed by atoms with Gasteiger partial charge in [-0.2, -0.15) is 0 Å². The molecular weight excluding hydrogens is 354 g/mol. The van der Waals surface area contributed by atoms with Gasteiger partial charge in [0.05, 0.1) is 18.3 Å². The predicted octanol–water partition coefficient (Wildman–Crippen LogP) is 3.45. The molecule has 144 valence electrons. The van der Waals surface area contributed by atoms with Crippen molar-refractivity contribution < 1.29 is 13.9 Å². The number of carbonyl (C=O) groups excluding carboxylic acids is 1. The zero-order valence-corrected chi connectivity index (χ0v) is 15.7. The molecule has 2 aromatic heterocycles.